The third-order valence-electron chi connectivity index (χ3n) is 3.79. The fraction of sp³-hybridized carbons (Fsp3) is 0.462. The normalized spacial score (nSPS) is 17.0. The van der Waals surface area contributed by atoms with Crippen molar-refractivity contribution in [1.29, 1.82) is 0 Å². The number of hydrogen-bond acceptors (Lipinski definition) is 7. The zero-order valence-electron chi connectivity index (χ0n) is 12.1. The number of pyridine rings is 1. The first kappa shape index (κ1) is 16.1. The Kier molecular flexibility index (Phi) is 4.74. The Morgan fingerprint density at radius 2 is 2.17 bits per heavy atom. The maximum absolute atomic E-state index is 12.7. The molecule has 1 fully saturated rings. The summed E-state index contributed by atoms with van der Waals surface area (Å²) in [6, 6.07) is 1.34. The monoisotopic (exact) mass is 342 g/mol. The molecular weight excluding hydrogens is 326 g/mol. The molecule has 7 nitrogen and oxygen atoms in total. The van der Waals surface area contributed by atoms with Crippen LogP contribution in [0.15, 0.2) is 17.1 Å². The third-order valence-corrected chi connectivity index (χ3v) is 4.46. The van der Waals surface area contributed by atoms with Gasteiger partial charge in [0.2, 0.25) is 5.95 Å². The van der Waals surface area contributed by atoms with E-state index in [4.69, 9.17) is 5.14 Å². The highest BCUT2D eigenvalue weighted by Crippen LogP contribution is 2.20. The van der Waals surface area contributed by atoms with Crippen LogP contribution in [-0.4, -0.2) is 38.4 Å². The van der Waals surface area contributed by atoms with Crippen LogP contribution >= 0.6 is 12.1 Å². The van der Waals surface area contributed by atoms with Gasteiger partial charge in [0.25, 0.3) is 12.0 Å². The van der Waals surface area contributed by atoms with Gasteiger partial charge in [0.05, 0.1) is 5.56 Å². The van der Waals surface area contributed by atoms with Gasteiger partial charge in [-0.15, -0.1) is 0 Å². The summed E-state index contributed by atoms with van der Waals surface area (Å²) in [6.07, 6.45) is 0.391. The maximum atomic E-state index is 12.7. The molecule has 1 aliphatic rings. The number of aromatic amines is 1. The molecule has 23 heavy (non-hydrogen) atoms. The van der Waals surface area contributed by atoms with Gasteiger partial charge in [0, 0.05) is 42.8 Å². The molecule has 0 radical (unpaired) electrons. The number of nitrogens with two attached hydrogens (primary N) is 1. The topological polar surface area (TPSA) is 99.9 Å². The molecule has 10 heteroatoms. The van der Waals surface area contributed by atoms with E-state index in [1.807, 2.05) is 0 Å². The van der Waals surface area contributed by atoms with Gasteiger partial charge < -0.3 is 10.3 Å². The van der Waals surface area contributed by atoms with Crippen LogP contribution in [0.25, 0.3) is 11.0 Å². The summed E-state index contributed by atoms with van der Waals surface area (Å²) in [4.78, 5) is 22.3. The van der Waals surface area contributed by atoms with Crippen molar-refractivity contribution in [2.75, 3.05) is 18.4 Å². The third kappa shape index (κ3) is 3.59. The number of nitrogens with zero attached hydrogens (tertiary/aromatic N) is 3. The fourth-order valence-corrected chi connectivity index (χ4v) is 2.95. The van der Waals surface area contributed by atoms with Crippen LogP contribution in [0.3, 0.4) is 0 Å². The number of fused-ring (bicyclic) bond motifs is 1. The van der Waals surface area contributed by atoms with Crippen molar-refractivity contribution in [2.45, 2.75) is 25.3 Å². The average Bonchev–Trinajstić information content (AvgIpc) is 2.54. The quantitative estimate of drug-likeness (QED) is 0.727. The van der Waals surface area contributed by atoms with Crippen LogP contribution in [0.4, 0.5) is 14.7 Å². The van der Waals surface area contributed by atoms with Gasteiger partial charge in [0.1, 0.15) is 5.65 Å². The van der Waals surface area contributed by atoms with Crippen LogP contribution in [-0.2, 0) is 0 Å². The minimum Gasteiger partial charge on any atom is -0.351 e. The summed E-state index contributed by atoms with van der Waals surface area (Å²) >= 11 is 1.23. The van der Waals surface area contributed by atoms with E-state index >= 15 is 0 Å². The van der Waals surface area contributed by atoms with Crippen LogP contribution in [0.1, 0.15) is 24.8 Å². The smallest absolute Gasteiger partial charge is 0.269 e. The fourth-order valence-electron chi connectivity index (χ4n) is 2.53. The highest BCUT2D eigenvalue weighted by atomic mass is 32.2. The molecule has 124 valence electrons. The highest BCUT2D eigenvalue weighted by molar-refractivity contribution is 7.94. The number of alkyl halides is 2. The van der Waals surface area contributed by atoms with Gasteiger partial charge >= 0.3 is 0 Å². The first-order chi connectivity index (χ1) is 11.1. The zero-order valence-corrected chi connectivity index (χ0v) is 12.9. The van der Waals surface area contributed by atoms with Crippen LogP contribution in [0.2, 0.25) is 0 Å². The number of nitrogens with one attached hydrogen (secondary N) is 2. The Labute approximate surface area is 134 Å². The molecule has 0 atom stereocenters. The zero-order chi connectivity index (χ0) is 16.4. The maximum Gasteiger partial charge on any atom is 0.269 e. The summed E-state index contributed by atoms with van der Waals surface area (Å²) in [7, 11) is 0. The van der Waals surface area contributed by atoms with Gasteiger partial charge in [-0.3, -0.25) is 9.93 Å². The van der Waals surface area contributed by atoms with Gasteiger partial charge in [-0.1, -0.05) is 0 Å². The van der Waals surface area contributed by atoms with Gasteiger partial charge in [0.15, 0.2) is 0 Å². The molecule has 3 heterocycles. The molecule has 0 aliphatic carbocycles. The molecule has 1 aliphatic heterocycles. The van der Waals surface area contributed by atoms with Crippen molar-refractivity contribution in [3.8, 4) is 0 Å². The first-order valence-corrected chi connectivity index (χ1v) is 7.97. The van der Waals surface area contributed by atoms with E-state index in [0.717, 1.165) is 32.0 Å². The predicted molar refractivity (Wildman–Crippen MR) is 85.1 cm³/mol. The lowest BCUT2D eigenvalue weighted by molar-refractivity contribution is 0.150. The molecule has 4 N–H and O–H groups in total. The summed E-state index contributed by atoms with van der Waals surface area (Å²) in [5, 5.41) is 9.10. The molecular formula is C13H16F2N6OS. The van der Waals surface area contributed by atoms with E-state index in [9.17, 15) is 13.6 Å². The predicted octanol–water partition coefficient (Wildman–Crippen LogP) is 1.65. The Bertz CT molecular complexity index is 747. The molecule has 0 aromatic carbocycles. The highest BCUT2D eigenvalue weighted by Gasteiger charge is 2.20. The summed E-state index contributed by atoms with van der Waals surface area (Å²) in [5.74, 6) is 0.372. The van der Waals surface area contributed by atoms with Crippen molar-refractivity contribution in [1.82, 2.24) is 19.3 Å². The number of piperidine rings is 1. The van der Waals surface area contributed by atoms with Crippen molar-refractivity contribution in [2.24, 2.45) is 5.14 Å². The van der Waals surface area contributed by atoms with Crippen LogP contribution in [0, 0.1) is 0 Å². The van der Waals surface area contributed by atoms with Crippen molar-refractivity contribution < 1.29 is 8.78 Å². The number of anilines is 1. The molecule has 2 aromatic heterocycles. The number of rotatable bonds is 4. The summed E-state index contributed by atoms with van der Waals surface area (Å²) in [6.45, 7) is 1.72. The molecule has 2 aromatic rings. The standard InChI is InChI=1S/C13H16F2N6OS/c14-10(15)9-5-7-6-17-13(20-11(7)19-12(9)22)18-8-1-3-21(23-16)4-2-8/h5-6,8,10H,1-4,16H2,(H2,17,18,19,20,22). The van der Waals surface area contributed by atoms with Crippen LogP contribution < -0.4 is 16.0 Å². The lowest BCUT2D eigenvalue weighted by Gasteiger charge is -2.29. The minimum absolute atomic E-state index is 0.211. The summed E-state index contributed by atoms with van der Waals surface area (Å²) < 4.78 is 27.5. The van der Waals surface area contributed by atoms with E-state index in [1.54, 1.807) is 0 Å². The van der Waals surface area contributed by atoms with Gasteiger partial charge in [-0.05, 0) is 18.9 Å². The second-order valence-electron chi connectivity index (χ2n) is 5.31. The molecule has 0 unspecified atom stereocenters. The van der Waals surface area contributed by atoms with Crippen LogP contribution in [0.5, 0.6) is 0 Å². The van der Waals surface area contributed by atoms with Gasteiger partial charge in [-0.25, -0.2) is 18.1 Å². The number of halogens is 2. The molecule has 3 rings (SSSR count). The van der Waals surface area contributed by atoms with E-state index < -0.39 is 17.5 Å². The van der Waals surface area contributed by atoms with Gasteiger partial charge in [-0.2, -0.15) is 4.98 Å². The second-order valence-corrected chi connectivity index (χ2v) is 6.03. The van der Waals surface area contributed by atoms with E-state index in [-0.39, 0.29) is 11.7 Å². The molecule has 0 amide bonds. The Hall–Kier alpha value is -1.78. The Balaban J connectivity index is 1.78. The SMILES string of the molecule is NSN1CCC(Nc2ncc3cc(C(F)F)c(=O)[nH]c3n2)CC1. The van der Waals surface area contributed by atoms with Crippen molar-refractivity contribution in [3.63, 3.8) is 0 Å². The largest absolute Gasteiger partial charge is 0.351 e. The van der Waals surface area contributed by atoms with E-state index in [1.165, 1.54) is 18.3 Å². The van der Waals surface area contributed by atoms with E-state index in [0.29, 0.717) is 11.3 Å². The Morgan fingerprint density at radius 3 is 2.83 bits per heavy atom. The molecule has 0 saturated carbocycles. The van der Waals surface area contributed by atoms with Crippen molar-refractivity contribution >= 4 is 29.1 Å². The second kappa shape index (κ2) is 6.77. The first-order valence-electron chi connectivity index (χ1n) is 7.13. The molecule has 1 saturated heterocycles. The number of hydrogen-bond donors (Lipinski definition) is 3. The number of H-pyrrole nitrogens is 1. The lowest BCUT2D eigenvalue weighted by Crippen LogP contribution is -2.36. The van der Waals surface area contributed by atoms with E-state index in [2.05, 4.69) is 24.6 Å². The summed E-state index contributed by atoms with van der Waals surface area (Å²) in [5.41, 5.74) is -1.16. The molecule has 0 bridgehead atoms. The Morgan fingerprint density at radius 1 is 1.43 bits per heavy atom. The lowest BCUT2D eigenvalue weighted by atomic mass is 10.1. The molecule has 0 spiro atoms. The van der Waals surface area contributed by atoms with Crippen molar-refractivity contribution in [3.05, 3.63) is 28.2 Å². The number of aromatic nitrogens is 3. The minimum atomic E-state index is -2.83. The average molecular weight is 342 g/mol.